The van der Waals surface area contributed by atoms with E-state index in [0.29, 0.717) is 11.8 Å². The highest BCUT2D eigenvalue weighted by Crippen LogP contribution is 2.28. The molecule has 1 heterocycles. The summed E-state index contributed by atoms with van der Waals surface area (Å²) in [5.74, 6) is 0.499. The number of carbonyl (C=O) groups excluding carboxylic acids is 2. The summed E-state index contributed by atoms with van der Waals surface area (Å²) in [6, 6.07) is 7.79. The number of anilines is 1. The number of carbonyl (C=O) groups is 2. The van der Waals surface area contributed by atoms with Crippen molar-refractivity contribution in [2.45, 2.75) is 53.4 Å². The average Bonchev–Trinajstić information content (AvgIpc) is 2.54. The normalized spacial score (nSPS) is 18.6. The molecule has 2 rings (SSSR count). The summed E-state index contributed by atoms with van der Waals surface area (Å²) in [5, 5.41) is 2.98. The smallest absolute Gasteiger partial charge is 0.239 e. The van der Waals surface area contributed by atoms with Crippen LogP contribution in [0.25, 0.3) is 0 Å². The molecular formula is C20H30N2O2. The molecule has 0 aliphatic carbocycles. The van der Waals surface area contributed by atoms with Gasteiger partial charge in [0.05, 0.1) is 0 Å². The fraction of sp³-hybridized carbons (Fsp3) is 0.600. The van der Waals surface area contributed by atoms with Crippen LogP contribution in [0.3, 0.4) is 0 Å². The third-order valence-corrected chi connectivity index (χ3v) is 4.88. The van der Waals surface area contributed by atoms with E-state index in [0.717, 1.165) is 37.2 Å². The van der Waals surface area contributed by atoms with Crippen LogP contribution in [0.4, 0.5) is 5.69 Å². The van der Waals surface area contributed by atoms with Crippen molar-refractivity contribution in [3.63, 3.8) is 0 Å². The summed E-state index contributed by atoms with van der Waals surface area (Å²) in [4.78, 5) is 27.5. The zero-order valence-electron chi connectivity index (χ0n) is 15.6. The molecule has 1 aliphatic rings. The standard InChI is InChI=1S/C20H30N2O2/c1-14(2)16-10-6-7-11-17(16)21-18(23)20(4,5)19(24)22-12-8-9-15(3)13-22/h6-7,10-11,14-15H,8-9,12-13H2,1-5H3,(H,21,23). The Morgan fingerprint density at radius 3 is 2.54 bits per heavy atom. The predicted octanol–water partition coefficient (Wildman–Crippen LogP) is 4.03. The van der Waals surface area contributed by atoms with E-state index in [1.54, 1.807) is 13.8 Å². The maximum Gasteiger partial charge on any atom is 0.239 e. The molecule has 0 bridgehead atoms. The highest BCUT2D eigenvalue weighted by molar-refractivity contribution is 6.10. The Bertz CT molecular complexity index is 607. The first-order valence-electron chi connectivity index (χ1n) is 8.93. The highest BCUT2D eigenvalue weighted by Gasteiger charge is 2.40. The molecule has 0 spiro atoms. The number of hydrogen-bond acceptors (Lipinski definition) is 2. The van der Waals surface area contributed by atoms with Crippen LogP contribution in [0.5, 0.6) is 0 Å². The minimum atomic E-state index is -1.07. The molecule has 1 aliphatic heterocycles. The zero-order chi connectivity index (χ0) is 17.9. The van der Waals surface area contributed by atoms with Crippen molar-refractivity contribution in [2.24, 2.45) is 11.3 Å². The number of benzene rings is 1. The summed E-state index contributed by atoms with van der Waals surface area (Å²) in [6.45, 7) is 11.3. The third kappa shape index (κ3) is 3.97. The minimum Gasteiger partial charge on any atom is -0.342 e. The molecule has 24 heavy (non-hydrogen) atoms. The summed E-state index contributed by atoms with van der Waals surface area (Å²) >= 11 is 0. The highest BCUT2D eigenvalue weighted by atomic mass is 16.2. The van der Waals surface area contributed by atoms with Gasteiger partial charge in [0.2, 0.25) is 11.8 Å². The Balaban J connectivity index is 2.14. The van der Waals surface area contributed by atoms with Crippen molar-refractivity contribution in [1.82, 2.24) is 4.90 Å². The van der Waals surface area contributed by atoms with Gasteiger partial charge in [-0.05, 0) is 50.2 Å². The fourth-order valence-corrected chi connectivity index (χ4v) is 3.26. The monoisotopic (exact) mass is 330 g/mol. The van der Waals surface area contributed by atoms with E-state index in [9.17, 15) is 9.59 Å². The summed E-state index contributed by atoms with van der Waals surface area (Å²) in [5.41, 5.74) is 0.812. The van der Waals surface area contributed by atoms with Crippen molar-refractivity contribution in [3.05, 3.63) is 29.8 Å². The number of rotatable bonds is 4. The van der Waals surface area contributed by atoms with Crippen LogP contribution in [-0.4, -0.2) is 29.8 Å². The molecule has 1 unspecified atom stereocenters. The molecule has 132 valence electrons. The molecule has 0 saturated carbocycles. The van der Waals surface area contributed by atoms with Crippen LogP contribution in [0.1, 0.15) is 58.9 Å². The lowest BCUT2D eigenvalue weighted by Gasteiger charge is -2.36. The van der Waals surface area contributed by atoms with Crippen LogP contribution in [-0.2, 0) is 9.59 Å². The maximum absolute atomic E-state index is 12.9. The van der Waals surface area contributed by atoms with Crippen molar-refractivity contribution in [3.8, 4) is 0 Å². The van der Waals surface area contributed by atoms with Gasteiger partial charge in [0.25, 0.3) is 0 Å². The van der Waals surface area contributed by atoms with Crippen LogP contribution >= 0.6 is 0 Å². The van der Waals surface area contributed by atoms with E-state index in [1.807, 2.05) is 29.2 Å². The zero-order valence-corrected chi connectivity index (χ0v) is 15.6. The lowest BCUT2D eigenvalue weighted by atomic mass is 9.88. The summed E-state index contributed by atoms with van der Waals surface area (Å²) in [7, 11) is 0. The predicted molar refractivity (Wildman–Crippen MR) is 97.9 cm³/mol. The molecule has 1 N–H and O–H groups in total. The van der Waals surface area contributed by atoms with Gasteiger partial charge in [0.15, 0.2) is 0 Å². The van der Waals surface area contributed by atoms with Gasteiger partial charge >= 0.3 is 0 Å². The van der Waals surface area contributed by atoms with E-state index in [1.165, 1.54) is 0 Å². The lowest BCUT2D eigenvalue weighted by Crippen LogP contribution is -2.50. The van der Waals surface area contributed by atoms with Gasteiger partial charge in [-0.25, -0.2) is 0 Å². The molecule has 4 heteroatoms. The molecule has 1 fully saturated rings. The van der Waals surface area contributed by atoms with E-state index < -0.39 is 5.41 Å². The third-order valence-electron chi connectivity index (χ3n) is 4.88. The number of para-hydroxylation sites is 1. The molecule has 1 atom stereocenters. The number of amides is 2. The minimum absolute atomic E-state index is 0.0754. The lowest BCUT2D eigenvalue weighted by molar-refractivity contribution is -0.147. The van der Waals surface area contributed by atoms with E-state index in [-0.39, 0.29) is 11.8 Å². The number of nitrogens with one attached hydrogen (secondary N) is 1. The van der Waals surface area contributed by atoms with Crippen molar-refractivity contribution < 1.29 is 9.59 Å². The molecule has 1 saturated heterocycles. The number of likely N-dealkylation sites (tertiary alicyclic amines) is 1. The Hall–Kier alpha value is -1.84. The van der Waals surface area contributed by atoms with E-state index in [2.05, 4.69) is 26.1 Å². The van der Waals surface area contributed by atoms with Crippen molar-refractivity contribution >= 4 is 17.5 Å². The van der Waals surface area contributed by atoms with Gasteiger partial charge < -0.3 is 10.2 Å². The first kappa shape index (κ1) is 18.5. The average molecular weight is 330 g/mol. The van der Waals surface area contributed by atoms with Gasteiger partial charge in [0, 0.05) is 18.8 Å². The molecule has 1 aromatic rings. The first-order chi connectivity index (χ1) is 11.2. The van der Waals surface area contributed by atoms with E-state index >= 15 is 0 Å². The first-order valence-corrected chi connectivity index (χ1v) is 8.93. The number of nitrogens with zero attached hydrogens (tertiary/aromatic N) is 1. The Kier molecular flexibility index (Phi) is 5.68. The molecule has 0 aromatic heterocycles. The van der Waals surface area contributed by atoms with Crippen molar-refractivity contribution in [2.75, 3.05) is 18.4 Å². The largest absolute Gasteiger partial charge is 0.342 e. The number of piperidine rings is 1. The van der Waals surface area contributed by atoms with Crippen molar-refractivity contribution in [1.29, 1.82) is 0 Å². The van der Waals surface area contributed by atoms with Crippen LogP contribution in [0.15, 0.2) is 24.3 Å². The molecule has 1 aromatic carbocycles. The second kappa shape index (κ2) is 7.37. The Labute approximate surface area is 145 Å². The van der Waals surface area contributed by atoms with Crippen LogP contribution in [0.2, 0.25) is 0 Å². The second-order valence-electron chi connectivity index (χ2n) is 7.82. The second-order valence-corrected chi connectivity index (χ2v) is 7.82. The molecular weight excluding hydrogens is 300 g/mol. The summed E-state index contributed by atoms with van der Waals surface area (Å²) < 4.78 is 0. The van der Waals surface area contributed by atoms with Gasteiger partial charge in [-0.15, -0.1) is 0 Å². The van der Waals surface area contributed by atoms with Crippen LogP contribution < -0.4 is 5.32 Å². The number of hydrogen-bond donors (Lipinski definition) is 1. The topological polar surface area (TPSA) is 49.4 Å². The van der Waals surface area contributed by atoms with Gasteiger partial charge in [-0.1, -0.05) is 39.0 Å². The Morgan fingerprint density at radius 2 is 1.92 bits per heavy atom. The van der Waals surface area contributed by atoms with Gasteiger partial charge in [-0.2, -0.15) is 0 Å². The maximum atomic E-state index is 12.9. The fourth-order valence-electron chi connectivity index (χ4n) is 3.26. The molecule has 0 radical (unpaired) electrons. The van der Waals surface area contributed by atoms with Gasteiger partial charge in [-0.3, -0.25) is 9.59 Å². The molecule has 2 amide bonds. The summed E-state index contributed by atoms with van der Waals surface area (Å²) in [6.07, 6.45) is 2.17. The van der Waals surface area contributed by atoms with Gasteiger partial charge in [0.1, 0.15) is 5.41 Å². The molecule has 4 nitrogen and oxygen atoms in total. The quantitative estimate of drug-likeness (QED) is 0.847. The van der Waals surface area contributed by atoms with Crippen LogP contribution in [0, 0.1) is 11.3 Å². The Morgan fingerprint density at radius 1 is 1.25 bits per heavy atom. The van der Waals surface area contributed by atoms with E-state index in [4.69, 9.17) is 0 Å². The SMILES string of the molecule is CC1CCCN(C(=O)C(C)(C)C(=O)Nc2ccccc2C(C)C)C1.